The second kappa shape index (κ2) is 6.25. The maximum Gasteiger partial charge on any atom is 0.249 e. The van der Waals surface area contributed by atoms with Crippen molar-refractivity contribution in [2.75, 3.05) is 24.0 Å². The summed E-state index contributed by atoms with van der Waals surface area (Å²) in [6, 6.07) is 5.58. The highest BCUT2D eigenvalue weighted by molar-refractivity contribution is 5.60. The lowest BCUT2D eigenvalue weighted by molar-refractivity contribution is 0.174. The summed E-state index contributed by atoms with van der Waals surface area (Å²) in [5.41, 5.74) is 0.826. The Labute approximate surface area is 122 Å². The van der Waals surface area contributed by atoms with Gasteiger partial charge in [-0.05, 0) is 18.6 Å². The summed E-state index contributed by atoms with van der Waals surface area (Å²) in [5.74, 6) is 2.61. The van der Waals surface area contributed by atoms with Gasteiger partial charge in [0, 0.05) is 18.3 Å². The molecule has 7 nitrogen and oxygen atoms in total. The van der Waals surface area contributed by atoms with E-state index in [9.17, 15) is 0 Å². The van der Waals surface area contributed by atoms with Gasteiger partial charge in [0.05, 0.1) is 6.20 Å². The van der Waals surface area contributed by atoms with Gasteiger partial charge in [0.2, 0.25) is 12.7 Å². The van der Waals surface area contributed by atoms with E-state index in [1.807, 2.05) is 18.2 Å². The van der Waals surface area contributed by atoms with Crippen LogP contribution in [0.25, 0.3) is 0 Å². The van der Waals surface area contributed by atoms with E-state index in [-0.39, 0.29) is 6.79 Å². The largest absolute Gasteiger partial charge is 0.454 e. The quantitative estimate of drug-likeness (QED) is 0.790. The fourth-order valence-electron chi connectivity index (χ4n) is 1.94. The minimum absolute atomic E-state index is 0.258. The van der Waals surface area contributed by atoms with E-state index in [1.165, 1.54) is 0 Å². The molecule has 0 saturated carbocycles. The lowest BCUT2D eigenvalue weighted by atomic mass is 10.3. The van der Waals surface area contributed by atoms with Gasteiger partial charge in [-0.2, -0.15) is 10.1 Å². The molecule has 0 amide bonds. The van der Waals surface area contributed by atoms with Crippen molar-refractivity contribution in [2.45, 2.75) is 19.8 Å². The molecule has 21 heavy (non-hydrogen) atoms. The number of nitrogens with zero attached hydrogens (tertiary/aromatic N) is 3. The SMILES string of the molecule is CCCCNc1cnnc(Nc2ccc3c(c2)OCO3)n1. The van der Waals surface area contributed by atoms with E-state index in [1.54, 1.807) is 6.20 Å². The van der Waals surface area contributed by atoms with Gasteiger partial charge in [-0.25, -0.2) is 0 Å². The summed E-state index contributed by atoms with van der Waals surface area (Å²) in [6.07, 6.45) is 3.84. The highest BCUT2D eigenvalue weighted by Crippen LogP contribution is 2.34. The van der Waals surface area contributed by atoms with Crippen molar-refractivity contribution in [3.63, 3.8) is 0 Å². The zero-order chi connectivity index (χ0) is 14.5. The number of unbranched alkanes of at least 4 members (excludes halogenated alkanes) is 1. The second-order valence-corrected chi connectivity index (χ2v) is 4.64. The normalized spacial score (nSPS) is 12.2. The molecule has 2 N–H and O–H groups in total. The summed E-state index contributed by atoms with van der Waals surface area (Å²) >= 11 is 0. The molecule has 0 spiro atoms. The number of hydrogen-bond acceptors (Lipinski definition) is 7. The van der Waals surface area contributed by atoms with Crippen LogP contribution in [-0.4, -0.2) is 28.5 Å². The number of anilines is 3. The smallest absolute Gasteiger partial charge is 0.249 e. The number of fused-ring (bicyclic) bond motifs is 1. The summed E-state index contributed by atoms with van der Waals surface area (Å²) in [6.45, 7) is 3.28. The lowest BCUT2D eigenvalue weighted by Crippen LogP contribution is -2.06. The predicted molar refractivity (Wildman–Crippen MR) is 79.1 cm³/mol. The number of ether oxygens (including phenoxy) is 2. The van der Waals surface area contributed by atoms with Crippen LogP contribution in [0.4, 0.5) is 17.5 Å². The Hall–Kier alpha value is -2.57. The van der Waals surface area contributed by atoms with Crippen LogP contribution in [0.3, 0.4) is 0 Å². The molecular weight excluding hydrogens is 270 g/mol. The first-order valence-electron chi connectivity index (χ1n) is 6.95. The van der Waals surface area contributed by atoms with Gasteiger partial charge in [0.15, 0.2) is 17.3 Å². The Morgan fingerprint density at radius 1 is 1.24 bits per heavy atom. The van der Waals surface area contributed by atoms with Gasteiger partial charge in [-0.3, -0.25) is 0 Å². The van der Waals surface area contributed by atoms with E-state index in [0.717, 1.165) is 30.8 Å². The molecule has 7 heteroatoms. The van der Waals surface area contributed by atoms with E-state index in [0.29, 0.717) is 17.5 Å². The average molecular weight is 287 g/mol. The molecule has 1 aliphatic rings. The van der Waals surface area contributed by atoms with Crippen molar-refractivity contribution in [1.82, 2.24) is 15.2 Å². The fourth-order valence-corrected chi connectivity index (χ4v) is 1.94. The van der Waals surface area contributed by atoms with Crippen LogP contribution in [0.1, 0.15) is 19.8 Å². The van der Waals surface area contributed by atoms with Gasteiger partial charge >= 0.3 is 0 Å². The molecule has 0 radical (unpaired) electrons. The van der Waals surface area contributed by atoms with Crippen LogP contribution < -0.4 is 20.1 Å². The maximum absolute atomic E-state index is 5.33. The van der Waals surface area contributed by atoms with Crippen molar-refractivity contribution in [1.29, 1.82) is 0 Å². The molecule has 3 rings (SSSR count). The molecule has 110 valence electrons. The summed E-state index contributed by atoms with van der Waals surface area (Å²) in [4.78, 5) is 4.37. The van der Waals surface area contributed by atoms with E-state index >= 15 is 0 Å². The van der Waals surface area contributed by atoms with Crippen molar-refractivity contribution in [2.24, 2.45) is 0 Å². The van der Waals surface area contributed by atoms with Gasteiger partial charge in [0.1, 0.15) is 0 Å². The van der Waals surface area contributed by atoms with E-state index in [4.69, 9.17) is 9.47 Å². The van der Waals surface area contributed by atoms with Crippen LogP contribution in [0.15, 0.2) is 24.4 Å². The van der Waals surface area contributed by atoms with Crippen LogP contribution >= 0.6 is 0 Å². The van der Waals surface area contributed by atoms with Gasteiger partial charge in [-0.15, -0.1) is 5.10 Å². The van der Waals surface area contributed by atoms with Gasteiger partial charge in [-0.1, -0.05) is 13.3 Å². The molecular formula is C14H17N5O2. The fraction of sp³-hybridized carbons (Fsp3) is 0.357. The number of nitrogens with one attached hydrogen (secondary N) is 2. The van der Waals surface area contributed by atoms with Crippen LogP contribution in [-0.2, 0) is 0 Å². The molecule has 0 atom stereocenters. The van der Waals surface area contributed by atoms with Gasteiger partial charge in [0.25, 0.3) is 0 Å². The first-order valence-corrected chi connectivity index (χ1v) is 6.95. The zero-order valence-corrected chi connectivity index (χ0v) is 11.8. The molecule has 0 aliphatic carbocycles. The van der Waals surface area contributed by atoms with Gasteiger partial charge < -0.3 is 20.1 Å². The molecule has 1 aliphatic heterocycles. The first kappa shape index (κ1) is 13.4. The minimum atomic E-state index is 0.258. The Bertz CT molecular complexity index is 620. The molecule has 0 fully saturated rings. The molecule has 0 unspecified atom stereocenters. The van der Waals surface area contributed by atoms with Crippen molar-refractivity contribution < 1.29 is 9.47 Å². The third-order valence-corrected chi connectivity index (χ3v) is 3.02. The summed E-state index contributed by atoms with van der Waals surface area (Å²) in [7, 11) is 0. The van der Waals surface area contributed by atoms with Crippen LogP contribution in [0.2, 0.25) is 0 Å². The third-order valence-electron chi connectivity index (χ3n) is 3.02. The molecule has 1 aromatic heterocycles. The highest BCUT2D eigenvalue weighted by Gasteiger charge is 2.13. The number of aromatic nitrogens is 3. The molecule has 0 saturated heterocycles. The third kappa shape index (κ3) is 3.31. The summed E-state index contributed by atoms with van der Waals surface area (Å²) < 4.78 is 10.6. The van der Waals surface area contributed by atoms with Crippen LogP contribution in [0, 0.1) is 0 Å². The number of benzene rings is 1. The van der Waals surface area contributed by atoms with Crippen molar-refractivity contribution >= 4 is 17.5 Å². The Morgan fingerprint density at radius 3 is 3.05 bits per heavy atom. The first-order chi connectivity index (χ1) is 10.3. The Morgan fingerprint density at radius 2 is 2.14 bits per heavy atom. The van der Waals surface area contributed by atoms with E-state index in [2.05, 4.69) is 32.7 Å². The number of rotatable bonds is 6. The topological polar surface area (TPSA) is 81.2 Å². The van der Waals surface area contributed by atoms with E-state index < -0.39 is 0 Å². The second-order valence-electron chi connectivity index (χ2n) is 4.64. The van der Waals surface area contributed by atoms with Crippen molar-refractivity contribution in [3.8, 4) is 11.5 Å². The minimum Gasteiger partial charge on any atom is -0.454 e. The number of hydrogen-bond donors (Lipinski definition) is 2. The Balaban J connectivity index is 1.68. The van der Waals surface area contributed by atoms with Crippen molar-refractivity contribution in [3.05, 3.63) is 24.4 Å². The Kier molecular flexibility index (Phi) is 3.99. The zero-order valence-electron chi connectivity index (χ0n) is 11.8. The molecule has 2 heterocycles. The molecule has 2 aromatic rings. The molecule has 1 aromatic carbocycles. The predicted octanol–water partition coefficient (Wildman–Crippen LogP) is 2.56. The highest BCUT2D eigenvalue weighted by atomic mass is 16.7. The average Bonchev–Trinajstić information content (AvgIpc) is 2.95. The monoisotopic (exact) mass is 287 g/mol. The maximum atomic E-state index is 5.33. The standard InChI is InChI=1S/C14H17N5O2/c1-2-3-6-15-13-8-16-19-14(18-13)17-10-4-5-11-12(7-10)21-9-20-11/h4-5,7-8H,2-3,6,9H2,1H3,(H2,15,17,18,19). The molecule has 0 bridgehead atoms. The van der Waals surface area contributed by atoms with Crippen LogP contribution in [0.5, 0.6) is 11.5 Å². The summed E-state index contributed by atoms with van der Waals surface area (Å²) in [5, 5.41) is 14.2. The lowest BCUT2D eigenvalue weighted by Gasteiger charge is -2.07.